The maximum absolute atomic E-state index is 13.4. The first kappa shape index (κ1) is 23.5. The number of fused-ring (bicyclic) bond motifs is 1. The Morgan fingerprint density at radius 3 is 2.50 bits per heavy atom. The minimum Gasteiger partial charge on any atom is -0.315 e. The van der Waals surface area contributed by atoms with Gasteiger partial charge in [0.15, 0.2) is 0 Å². The van der Waals surface area contributed by atoms with Crippen molar-refractivity contribution in [2.45, 2.75) is 66.0 Å². The van der Waals surface area contributed by atoms with Gasteiger partial charge in [-0.3, -0.25) is 9.36 Å². The number of rotatable bonds is 9. The van der Waals surface area contributed by atoms with Gasteiger partial charge in [0.1, 0.15) is 5.82 Å². The van der Waals surface area contributed by atoms with Crippen LogP contribution in [0.5, 0.6) is 0 Å². The third-order valence-corrected chi connectivity index (χ3v) is 5.95. The first-order valence-corrected chi connectivity index (χ1v) is 11.6. The second-order valence-electron chi connectivity index (χ2n) is 8.21. The van der Waals surface area contributed by atoms with E-state index in [2.05, 4.69) is 12.2 Å². The zero-order chi connectivity index (χ0) is 23.1. The lowest BCUT2D eigenvalue weighted by Gasteiger charge is -2.31. The number of urea groups is 1. The summed E-state index contributed by atoms with van der Waals surface area (Å²) >= 11 is 0. The molecule has 0 saturated heterocycles. The Morgan fingerprint density at radius 2 is 1.78 bits per heavy atom. The number of benzene rings is 2. The van der Waals surface area contributed by atoms with Crippen LogP contribution in [0, 0.1) is 6.92 Å². The van der Waals surface area contributed by atoms with Crippen molar-refractivity contribution >= 4 is 22.6 Å². The Hall–Kier alpha value is -3.15. The van der Waals surface area contributed by atoms with E-state index in [9.17, 15) is 9.59 Å². The molecule has 6 nitrogen and oxygen atoms in total. The molecule has 1 atom stereocenters. The molecule has 2 aromatic carbocycles. The summed E-state index contributed by atoms with van der Waals surface area (Å²) in [6, 6.07) is 14.6. The molecule has 0 aliphatic carbocycles. The van der Waals surface area contributed by atoms with Crippen LogP contribution in [0.2, 0.25) is 0 Å². The Kier molecular flexibility index (Phi) is 8.03. The number of anilines is 1. The van der Waals surface area contributed by atoms with Crippen LogP contribution in [-0.2, 0) is 6.54 Å². The van der Waals surface area contributed by atoms with Crippen molar-refractivity contribution in [1.82, 2.24) is 14.5 Å². The van der Waals surface area contributed by atoms with E-state index in [-0.39, 0.29) is 17.6 Å². The summed E-state index contributed by atoms with van der Waals surface area (Å²) in [5.41, 5.74) is 2.40. The van der Waals surface area contributed by atoms with Crippen molar-refractivity contribution < 1.29 is 4.79 Å². The molecule has 32 heavy (non-hydrogen) atoms. The van der Waals surface area contributed by atoms with E-state index < -0.39 is 0 Å². The van der Waals surface area contributed by atoms with Gasteiger partial charge in [-0.25, -0.2) is 9.78 Å². The monoisotopic (exact) mass is 434 g/mol. The topological polar surface area (TPSA) is 67.2 Å². The van der Waals surface area contributed by atoms with E-state index in [1.165, 1.54) is 0 Å². The van der Waals surface area contributed by atoms with Gasteiger partial charge in [0, 0.05) is 18.8 Å². The Labute approximate surface area is 190 Å². The predicted octanol–water partition coefficient (Wildman–Crippen LogP) is 5.90. The lowest BCUT2D eigenvalue weighted by molar-refractivity contribution is 0.186. The van der Waals surface area contributed by atoms with Crippen molar-refractivity contribution in [3.05, 3.63) is 70.3 Å². The SMILES string of the molecule is CCCCCCN(C(=O)Nc1ccccc1C)C(C)c1nc2ccccc2c(=O)n1CC. The largest absolute Gasteiger partial charge is 0.322 e. The number of amides is 2. The van der Waals surface area contributed by atoms with Crippen molar-refractivity contribution in [1.29, 1.82) is 0 Å². The maximum Gasteiger partial charge on any atom is 0.322 e. The van der Waals surface area contributed by atoms with Gasteiger partial charge in [0.05, 0.1) is 16.9 Å². The van der Waals surface area contributed by atoms with Crippen LogP contribution in [0.3, 0.4) is 0 Å². The first-order valence-electron chi connectivity index (χ1n) is 11.6. The van der Waals surface area contributed by atoms with Crippen molar-refractivity contribution in [3.63, 3.8) is 0 Å². The number of carbonyl (C=O) groups is 1. The first-order chi connectivity index (χ1) is 15.5. The molecule has 3 aromatic rings. The third-order valence-electron chi connectivity index (χ3n) is 5.95. The summed E-state index contributed by atoms with van der Waals surface area (Å²) in [4.78, 5) is 33.1. The molecule has 0 spiro atoms. The van der Waals surface area contributed by atoms with Crippen LogP contribution in [0.25, 0.3) is 10.9 Å². The van der Waals surface area contributed by atoms with Gasteiger partial charge >= 0.3 is 6.03 Å². The number of unbranched alkanes of at least 4 members (excludes halogenated alkanes) is 3. The highest BCUT2D eigenvalue weighted by Gasteiger charge is 2.26. The highest BCUT2D eigenvalue weighted by Crippen LogP contribution is 2.23. The molecule has 0 bridgehead atoms. The molecule has 0 radical (unpaired) electrons. The minimum absolute atomic E-state index is 0.0646. The van der Waals surface area contributed by atoms with Gasteiger partial charge in [-0.1, -0.05) is 56.5 Å². The lowest BCUT2D eigenvalue weighted by atomic mass is 10.1. The Bertz CT molecular complexity index is 1120. The zero-order valence-corrected chi connectivity index (χ0v) is 19.6. The number of carbonyl (C=O) groups excluding carboxylic acids is 1. The molecule has 0 aliphatic heterocycles. The molecule has 0 aliphatic rings. The number of nitrogens with zero attached hydrogens (tertiary/aromatic N) is 3. The van der Waals surface area contributed by atoms with Crippen LogP contribution in [0.1, 0.15) is 63.9 Å². The highest BCUT2D eigenvalue weighted by atomic mass is 16.2. The average molecular weight is 435 g/mol. The van der Waals surface area contributed by atoms with Gasteiger partial charge < -0.3 is 10.2 Å². The molecule has 1 N–H and O–H groups in total. The van der Waals surface area contributed by atoms with E-state index in [1.807, 2.05) is 68.1 Å². The Balaban J connectivity index is 1.97. The summed E-state index contributed by atoms with van der Waals surface area (Å²) in [7, 11) is 0. The van der Waals surface area contributed by atoms with Crippen LogP contribution in [-0.4, -0.2) is 27.0 Å². The number of aromatic nitrogens is 2. The molecule has 6 heteroatoms. The smallest absolute Gasteiger partial charge is 0.315 e. The summed E-state index contributed by atoms with van der Waals surface area (Å²) in [5, 5.41) is 3.66. The minimum atomic E-state index is -0.349. The van der Waals surface area contributed by atoms with E-state index in [0.29, 0.717) is 29.8 Å². The molecular weight excluding hydrogens is 400 g/mol. The number of aryl methyl sites for hydroxylation is 1. The second-order valence-corrected chi connectivity index (χ2v) is 8.21. The molecule has 0 saturated carbocycles. The quantitative estimate of drug-likeness (QED) is 0.426. The third kappa shape index (κ3) is 5.18. The fourth-order valence-electron chi connectivity index (χ4n) is 4.03. The van der Waals surface area contributed by atoms with Crippen molar-refractivity contribution in [3.8, 4) is 0 Å². The van der Waals surface area contributed by atoms with Gasteiger partial charge in [0.25, 0.3) is 5.56 Å². The van der Waals surface area contributed by atoms with Crippen LogP contribution in [0.15, 0.2) is 53.3 Å². The van der Waals surface area contributed by atoms with Crippen molar-refractivity contribution in [2.75, 3.05) is 11.9 Å². The second kappa shape index (κ2) is 10.9. The molecule has 1 aromatic heterocycles. The number of para-hydroxylation sites is 2. The van der Waals surface area contributed by atoms with E-state index in [4.69, 9.17) is 4.98 Å². The number of nitrogens with one attached hydrogen (secondary N) is 1. The molecule has 2 amide bonds. The number of hydrogen-bond acceptors (Lipinski definition) is 3. The van der Waals surface area contributed by atoms with Gasteiger partial charge in [-0.05, 0) is 51.0 Å². The van der Waals surface area contributed by atoms with Crippen LogP contribution < -0.4 is 10.9 Å². The standard InChI is InChI=1S/C26H34N4O2/c1-5-7-8-13-18-30(26(32)28-22-16-11-9-14-19(22)3)20(4)24-27-23-17-12-10-15-21(23)25(31)29(24)6-2/h9-12,14-17,20H,5-8,13,18H2,1-4H3,(H,28,32). The average Bonchev–Trinajstić information content (AvgIpc) is 2.80. The summed E-state index contributed by atoms with van der Waals surface area (Å²) in [6.07, 6.45) is 4.23. The highest BCUT2D eigenvalue weighted by molar-refractivity contribution is 5.90. The Morgan fingerprint density at radius 1 is 1.06 bits per heavy atom. The summed E-state index contributed by atoms with van der Waals surface area (Å²) in [5.74, 6) is 0.617. The van der Waals surface area contributed by atoms with E-state index in [1.54, 1.807) is 10.6 Å². The molecule has 0 fully saturated rings. The van der Waals surface area contributed by atoms with Crippen molar-refractivity contribution in [2.24, 2.45) is 0 Å². The fraction of sp³-hybridized carbons (Fsp3) is 0.423. The van der Waals surface area contributed by atoms with Crippen LogP contribution >= 0.6 is 0 Å². The molecule has 170 valence electrons. The summed E-state index contributed by atoms with van der Waals surface area (Å²) < 4.78 is 1.69. The number of hydrogen-bond donors (Lipinski definition) is 1. The molecule has 1 unspecified atom stereocenters. The van der Waals surface area contributed by atoms with E-state index in [0.717, 1.165) is 36.9 Å². The molecule has 3 rings (SSSR count). The summed E-state index contributed by atoms with van der Waals surface area (Å²) in [6.45, 7) is 9.15. The van der Waals surface area contributed by atoms with Gasteiger partial charge in [-0.2, -0.15) is 0 Å². The van der Waals surface area contributed by atoms with Crippen LogP contribution in [0.4, 0.5) is 10.5 Å². The lowest BCUT2D eigenvalue weighted by Crippen LogP contribution is -2.40. The molecule has 1 heterocycles. The van der Waals surface area contributed by atoms with Gasteiger partial charge in [-0.15, -0.1) is 0 Å². The zero-order valence-electron chi connectivity index (χ0n) is 19.6. The normalized spacial score (nSPS) is 12.0. The maximum atomic E-state index is 13.4. The fourth-order valence-corrected chi connectivity index (χ4v) is 4.03. The molecular formula is C26H34N4O2. The predicted molar refractivity (Wildman–Crippen MR) is 131 cm³/mol. The van der Waals surface area contributed by atoms with Gasteiger partial charge in [0.2, 0.25) is 0 Å². The van der Waals surface area contributed by atoms with E-state index >= 15 is 0 Å².